The molecule has 118 valence electrons. The van der Waals surface area contributed by atoms with Crippen LogP contribution in [0.5, 0.6) is 11.5 Å². The van der Waals surface area contributed by atoms with Gasteiger partial charge in [0, 0.05) is 12.1 Å². The second-order valence-electron chi connectivity index (χ2n) is 6.33. The predicted molar refractivity (Wildman–Crippen MR) is 87.3 cm³/mol. The van der Waals surface area contributed by atoms with Crippen LogP contribution in [0.25, 0.3) is 0 Å². The van der Waals surface area contributed by atoms with Crippen molar-refractivity contribution in [3.05, 3.63) is 23.8 Å². The maximum Gasteiger partial charge on any atom is 0.160 e. The molecule has 3 atom stereocenters. The number of hydrogen-bond donors (Lipinski definition) is 1. The van der Waals surface area contributed by atoms with Gasteiger partial charge in [0.1, 0.15) is 0 Å². The smallest absolute Gasteiger partial charge is 0.160 e. The number of ether oxygens (including phenoxy) is 2. The maximum absolute atomic E-state index is 5.38. The third kappa shape index (κ3) is 4.37. The summed E-state index contributed by atoms with van der Waals surface area (Å²) in [5.41, 5.74) is 1.29. The summed E-state index contributed by atoms with van der Waals surface area (Å²) in [6.07, 6.45) is 6.45. The molecule has 0 spiro atoms. The second kappa shape index (κ2) is 7.69. The van der Waals surface area contributed by atoms with Crippen molar-refractivity contribution in [1.29, 1.82) is 0 Å². The Bertz CT molecular complexity index is 447. The van der Waals surface area contributed by atoms with Crippen molar-refractivity contribution in [3.63, 3.8) is 0 Å². The third-order valence-electron chi connectivity index (χ3n) is 4.60. The number of rotatable bonds is 6. The zero-order valence-electron chi connectivity index (χ0n) is 13.8. The SMILES string of the molecule is COc1ccc(C[C@@H](C)N[C@@H]2CCCC[C@@H]2C)cc1OC. The lowest BCUT2D eigenvalue weighted by atomic mass is 9.85. The summed E-state index contributed by atoms with van der Waals surface area (Å²) >= 11 is 0. The summed E-state index contributed by atoms with van der Waals surface area (Å²) in [4.78, 5) is 0. The summed E-state index contributed by atoms with van der Waals surface area (Å²) in [6, 6.07) is 7.36. The fourth-order valence-corrected chi connectivity index (χ4v) is 3.35. The minimum absolute atomic E-state index is 0.480. The van der Waals surface area contributed by atoms with Gasteiger partial charge in [-0.25, -0.2) is 0 Å². The first kappa shape index (κ1) is 16.2. The number of hydrogen-bond acceptors (Lipinski definition) is 3. The molecule has 21 heavy (non-hydrogen) atoms. The van der Waals surface area contributed by atoms with Gasteiger partial charge in [0.15, 0.2) is 11.5 Å². The van der Waals surface area contributed by atoms with Crippen molar-refractivity contribution in [2.45, 2.75) is 58.0 Å². The highest BCUT2D eigenvalue weighted by atomic mass is 16.5. The molecule has 3 heteroatoms. The monoisotopic (exact) mass is 291 g/mol. The van der Waals surface area contributed by atoms with Crippen LogP contribution in [0.4, 0.5) is 0 Å². The van der Waals surface area contributed by atoms with E-state index in [0.29, 0.717) is 12.1 Å². The highest BCUT2D eigenvalue weighted by Crippen LogP contribution is 2.28. The molecule has 0 radical (unpaired) electrons. The maximum atomic E-state index is 5.38. The fraction of sp³-hybridized carbons (Fsp3) is 0.667. The first-order chi connectivity index (χ1) is 10.1. The van der Waals surface area contributed by atoms with Crippen LogP contribution < -0.4 is 14.8 Å². The summed E-state index contributed by atoms with van der Waals surface area (Å²) in [7, 11) is 3.36. The van der Waals surface area contributed by atoms with E-state index in [1.807, 2.05) is 6.07 Å². The minimum Gasteiger partial charge on any atom is -0.493 e. The zero-order chi connectivity index (χ0) is 15.2. The molecule has 2 rings (SSSR count). The van der Waals surface area contributed by atoms with E-state index < -0.39 is 0 Å². The number of methoxy groups -OCH3 is 2. The van der Waals surface area contributed by atoms with Crippen molar-refractivity contribution in [3.8, 4) is 11.5 Å². The van der Waals surface area contributed by atoms with Crippen molar-refractivity contribution in [2.24, 2.45) is 5.92 Å². The average molecular weight is 291 g/mol. The lowest BCUT2D eigenvalue weighted by Crippen LogP contribution is -2.43. The van der Waals surface area contributed by atoms with Gasteiger partial charge in [0.05, 0.1) is 14.2 Å². The number of nitrogens with one attached hydrogen (secondary N) is 1. The van der Waals surface area contributed by atoms with Gasteiger partial charge >= 0.3 is 0 Å². The quantitative estimate of drug-likeness (QED) is 0.864. The Morgan fingerprint density at radius 3 is 2.52 bits per heavy atom. The average Bonchev–Trinajstić information content (AvgIpc) is 2.49. The molecule has 1 N–H and O–H groups in total. The Kier molecular flexibility index (Phi) is 5.92. The lowest BCUT2D eigenvalue weighted by Gasteiger charge is -2.32. The molecule has 0 bridgehead atoms. The first-order valence-electron chi connectivity index (χ1n) is 8.11. The fourth-order valence-electron chi connectivity index (χ4n) is 3.35. The molecule has 1 aromatic carbocycles. The first-order valence-corrected chi connectivity index (χ1v) is 8.11. The topological polar surface area (TPSA) is 30.5 Å². The van der Waals surface area contributed by atoms with Crippen LogP contribution in [-0.4, -0.2) is 26.3 Å². The van der Waals surface area contributed by atoms with Gasteiger partial charge in [-0.2, -0.15) is 0 Å². The van der Waals surface area contributed by atoms with Crippen LogP contribution in [0, 0.1) is 5.92 Å². The molecule has 0 saturated heterocycles. The van der Waals surface area contributed by atoms with Crippen LogP contribution >= 0.6 is 0 Å². The second-order valence-corrected chi connectivity index (χ2v) is 6.33. The largest absolute Gasteiger partial charge is 0.493 e. The van der Waals surface area contributed by atoms with Crippen LogP contribution in [-0.2, 0) is 6.42 Å². The molecule has 0 amide bonds. The van der Waals surface area contributed by atoms with Gasteiger partial charge in [-0.3, -0.25) is 0 Å². The summed E-state index contributed by atoms with van der Waals surface area (Å²) < 4.78 is 10.7. The molecule has 1 aliphatic carbocycles. The predicted octanol–water partition coefficient (Wildman–Crippen LogP) is 3.80. The van der Waals surface area contributed by atoms with E-state index in [-0.39, 0.29) is 0 Å². The van der Waals surface area contributed by atoms with Crippen molar-refractivity contribution in [1.82, 2.24) is 5.32 Å². The lowest BCUT2D eigenvalue weighted by molar-refractivity contribution is 0.262. The molecule has 0 aromatic heterocycles. The van der Waals surface area contributed by atoms with Crippen LogP contribution in [0.15, 0.2) is 18.2 Å². The Hall–Kier alpha value is -1.22. The molecule has 0 unspecified atom stereocenters. The van der Waals surface area contributed by atoms with Gasteiger partial charge in [-0.05, 0) is 49.8 Å². The van der Waals surface area contributed by atoms with Crippen LogP contribution in [0.1, 0.15) is 45.1 Å². The molecule has 0 aliphatic heterocycles. The standard InChI is InChI=1S/C18H29NO2/c1-13-7-5-6-8-16(13)19-14(2)11-15-9-10-17(20-3)18(12-15)21-4/h9-10,12-14,16,19H,5-8,11H2,1-4H3/t13-,14+,16+/m0/s1. The Morgan fingerprint density at radius 1 is 1.14 bits per heavy atom. The van der Waals surface area contributed by atoms with E-state index >= 15 is 0 Å². The molecule has 1 fully saturated rings. The van der Waals surface area contributed by atoms with Gasteiger partial charge in [0.2, 0.25) is 0 Å². The molecule has 3 nitrogen and oxygen atoms in total. The van der Waals surface area contributed by atoms with Gasteiger partial charge < -0.3 is 14.8 Å². The van der Waals surface area contributed by atoms with E-state index in [9.17, 15) is 0 Å². The summed E-state index contributed by atoms with van der Waals surface area (Å²) in [5, 5.41) is 3.81. The normalized spacial score (nSPS) is 23.6. The van der Waals surface area contributed by atoms with Crippen LogP contribution in [0.2, 0.25) is 0 Å². The van der Waals surface area contributed by atoms with Crippen molar-refractivity contribution < 1.29 is 9.47 Å². The Balaban J connectivity index is 1.94. The molecular weight excluding hydrogens is 262 g/mol. The van der Waals surface area contributed by atoms with Crippen molar-refractivity contribution >= 4 is 0 Å². The van der Waals surface area contributed by atoms with Crippen LogP contribution in [0.3, 0.4) is 0 Å². The van der Waals surface area contributed by atoms with E-state index in [4.69, 9.17) is 9.47 Å². The van der Waals surface area contributed by atoms with E-state index in [2.05, 4.69) is 31.3 Å². The number of benzene rings is 1. The molecule has 1 saturated carbocycles. The van der Waals surface area contributed by atoms with Gasteiger partial charge in [0.25, 0.3) is 0 Å². The minimum atomic E-state index is 0.480. The van der Waals surface area contributed by atoms with Gasteiger partial charge in [-0.1, -0.05) is 25.8 Å². The molecule has 1 aromatic rings. The Morgan fingerprint density at radius 2 is 1.86 bits per heavy atom. The molecule has 1 aliphatic rings. The van der Waals surface area contributed by atoms with E-state index in [1.54, 1.807) is 14.2 Å². The summed E-state index contributed by atoms with van der Waals surface area (Å²) in [5.74, 6) is 2.41. The van der Waals surface area contributed by atoms with E-state index in [0.717, 1.165) is 23.8 Å². The highest BCUT2D eigenvalue weighted by Gasteiger charge is 2.22. The Labute approximate surface area is 129 Å². The molecular formula is C18H29NO2. The van der Waals surface area contributed by atoms with Gasteiger partial charge in [-0.15, -0.1) is 0 Å². The zero-order valence-corrected chi connectivity index (χ0v) is 13.8. The van der Waals surface area contributed by atoms with E-state index in [1.165, 1.54) is 31.2 Å². The van der Waals surface area contributed by atoms with Crippen molar-refractivity contribution in [2.75, 3.05) is 14.2 Å². The highest BCUT2D eigenvalue weighted by molar-refractivity contribution is 5.43. The molecule has 0 heterocycles. The summed E-state index contributed by atoms with van der Waals surface area (Å²) in [6.45, 7) is 4.65. The third-order valence-corrected chi connectivity index (χ3v) is 4.60.